The molecule has 2 N–H and O–H groups in total. The number of rotatable bonds is 6. The first-order valence-corrected chi connectivity index (χ1v) is 6.89. The molecule has 6 nitrogen and oxygen atoms in total. The third kappa shape index (κ3) is 4.27. The number of aliphatic carboxylic acids is 1. The number of carbonyl (C=O) groups excluding carboxylic acids is 1. The standard InChI is InChI=1S/C15H20N2O4/c1-17(13-10-21-9-12(13)15(19)20)8-14(18)16-7-11-5-3-2-4-6-11/h2-6,12-13H,7-10H2,1H3,(H,16,18)(H,19,20). The average Bonchev–Trinajstić information content (AvgIpc) is 2.96. The smallest absolute Gasteiger partial charge is 0.310 e. The molecule has 1 aliphatic rings. The maximum atomic E-state index is 11.9. The third-order valence-corrected chi connectivity index (χ3v) is 3.66. The van der Waals surface area contributed by atoms with Crippen LogP contribution in [0.3, 0.4) is 0 Å². The Balaban J connectivity index is 1.80. The summed E-state index contributed by atoms with van der Waals surface area (Å²) in [6.45, 7) is 1.18. The first kappa shape index (κ1) is 15.5. The summed E-state index contributed by atoms with van der Waals surface area (Å²) in [4.78, 5) is 24.8. The minimum atomic E-state index is -0.881. The zero-order chi connectivity index (χ0) is 15.2. The predicted molar refractivity (Wildman–Crippen MR) is 76.7 cm³/mol. The first-order valence-electron chi connectivity index (χ1n) is 6.89. The lowest BCUT2D eigenvalue weighted by Gasteiger charge is -2.25. The number of ether oxygens (including phenoxy) is 1. The summed E-state index contributed by atoms with van der Waals surface area (Å²) >= 11 is 0. The van der Waals surface area contributed by atoms with Gasteiger partial charge in [0, 0.05) is 12.6 Å². The molecule has 0 aromatic heterocycles. The molecule has 1 aromatic rings. The molecule has 0 bridgehead atoms. The fraction of sp³-hybridized carbons (Fsp3) is 0.467. The van der Waals surface area contributed by atoms with Crippen LogP contribution in [0.2, 0.25) is 0 Å². The number of benzene rings is 1. The minimum absolute atomic E-state index is 0.127. The summed E-state index contributed by atoms with van der Waals surface area (Å²) < 4.78 is 5.21. The summed E-state index contributed by atoms with van der Waals surface area (Å²) in [6.07, 6.45) is 0. The van der Waals surface area contributed by atoms with Crippen LogP contribution >= 0.6 is 0 Å². The highest BCUT2D eigenvalue weighted by Gasteiger charge is 2.37. The van der Waals surface area contributed by atoms with Gasteiger partial charge in [0.05, 0.1) is 25.7 Å². The van der Waals surface area contributed by atoms with Gasteiger partial charge in [0.1, 0.15) is 0 Å². The fourth-order valence-corrected chi connectivity index (χ4v) is 2.41. The minimum Gasteiger partial charge on any atom is -0.481 e. The van der Waals surface area contributed by atoms with E-state index in [1.165, 1.54) is 0 Å². The van der Waals surface area contributed by atoms with E-state index in [2.05, 4.69) is 5.32 Å². The van der Waals surface area contributed by atoms with Crippen molar-refractivity contribution < 1.29 is 19.4 Å². The van der Waals surface area contributed by atoms with Gasteiger partial charge in [-0.2, -0.15) is 0 Å². The molecule has 1 amide bonds. The molecule has 1 aliphatic heterocycles. The van der Waals surface area contributed by atoms with Gasteiger partial charge in [0.15, 0.2) is 0 Å². The van der Waals surface area contributed by atoms with Crippen molar-refractivity contribution in [3.8, 4) is 0 Å². The lowest BCUT2D eigenvalue weighted by Crippen LogP contribution is -2.45. The molecular formula is C15H20N2O4. The molecule has 0 aliphatic carbocycles. The molecule has 0 spiro atoms. The molecule has 1 saturated heterocycles. The van der Waals surface area contributed by atoms with Gasteiger partial charge in [-0.15, -0.1) is 0 Å². The van der Waals surface area contributed by atoms with Crippen molar-refractivity contribution in [3.63, 3.8) is 0 Å². The summed E-state index contributed by atoms with van der Waals surface area (Å²) in [5.41, 5.74) is 1.03. The quantitative estimate of drug-likeness (QED) is 0.790. The van der Waals surface area contributed by atoms with Crippen LogP contribution in [0.15, 0.2) is 30.3 Å². The van der Waals surface area contributed by atoms with Crippen molar-refractivity contribution in [2.75, 3.05) is 26.8 Å². The Morgan fingerprint density at radius 3 is 2.71 bits per heavy atom. The van der Waals surface area contributed by atoms with E-state index in [0.29, 0.717) is 13.2 Å². The zero-order valence-corrected chi connectivity index (χ0v) is 12.0. The lowest BCUT2D eigenvalue weighted by atomic mass is 10.0. The van der Waals surface area contributed by atoms with Crippen molar-refractivity contribution in [2.45, 2.75) is 12.6 Å². The predicted octanol–water partition coefficient (Wildman–Crippen LogP) is 0.334. The van der Waals surface area contributed by atoms with Crippen LogP contribution in [0.4, 0.5) is 0 Å². The molecule has 2 unspecified atom stereocenters. The maximum Gasteiger partial charge on any atom is 0.310 e. The van der Waals surface area contributed by atoms with Crippen LogP contribution in [0.1, 0.15) is 5.56 Å². The van der Waals surface area contributed by atoms with Crippen LogP contribution in [0.5, 0.6) is 0 Å². The Labute approximate surface area is 123 Å². The van der Waals surface area contributed by atoms with Crippen LogP contribution < -0.4 is 5.32 Å². The summed E-state index contributed by atoms with van der Waals surface area (Å²) in [7, 11) is 1.75. The fourth-order valence-electron chi connectivity index (χ4n) is 2.41. The number of hydrogen-bond donors (Lipinski definition) is 2. The van der Waals surface area contributed by atoms with E-state index in [1.54, 1.807) is 11.9 Å². The Kier molecular flexibility index (Phi) is 5.30. The third-order valence-electron chi connectivity index (χ3n) is 3.66. The van der Waals surface area contributed by atoms with Gasteiger partial charge in [-0.05, 0) is 12.6 Å². The van der Waals surface area contributed by atoms with Gasteiger partial charge < -0.3 is 15.2 Å². The average molecular weight is 292 g/mol. The van der Waals surface area contributed by atoms with E-state index >= 15 is 0 Å². The molecule has 2 rings (SSSR count). The summed E-state index contributed by atoms with van der Waals surface area (Å²) in [5, 5.41) is 11.9. The Morgan fingerprint density at radius 1 is 1.33 bits per heavy atom. The second-order valence-corrected chi connectivity index (χ2v) is 5.23. The van der Waals surface area contributed by atoms with Crippen molar-refractivity contribution >= 4 is 11.9 Å². The highest BCUT2D eigenvalue weighted by Crippen LogP contribution is 2.18. The van der Waals surface area contributed by atoms with E-state index < -0.39 is 11.9 Å². The molecule has 0 saturated carbocycles. The molecule has 6 heteroatoms. The van der Waals surface area contributed by atoms with E-state index in [9.17, 15) is 9.59 Å². The van der Waals surface area contributed by atoms with Crippen LogP contribution in [0, 0.1) is 5.92 Å². The number of carboxylic acids is 1. The zero-order valence-electron chi connectivity index (χ0n) is 12.0. The van der Waals surface area contributed by atoms with Gasteiger partial charge in [-0.3, -0.25) is 14.5 Å². The van der Waals surface area contributed by atoms with Gasteiger partial charge >= 0.3 is 5.97 Å². The van der Waals surface area contributed by atoms with Crippen LogP contribution in [-0.4, -0.2) is 54.7 Å². The topological polar surface area (TPSA) is 78.9 Å². The van der Waals surface area contributed by atoms with E-state index in [0.717, 1.165) is 5.56 Å². The maximum absolute atomic E-state index is 11.9. The van der Waals surface area contributed by atoms with Crippen molar-refractivity contribution in [3.05, 3.63) is 35.9 Å². The highest BCUT2D eigenvalue weighted by molar-refractivity contribution is 5.78. The van der Waals surface area contributed by atoms with E-state index in [1.807, 2.05) is 30.3 Å². The van der Waals surface area contributed by atoms with Crippen LogP contribution in [-0.2, 0) is 20.9 Å². The Morgan fingerprint density at radius 2 is 2.05 bits per heavy atom. The number of hydrogen-bond acceptors (Lipinski definition) is 4. The molecule has 0 radical (unpaired) electrons. The number of carbonyl (C=O) groups is 2. The molecule has 1 heterocycles. The summed E-state index contributed by atoms with van der Waals surface area (Å²) in [6, 6.07) is 9.38. The number of amides is 1. The lowest BCUT2D eigenvalue weighted by molar-refractivity contribution is -0.143. The number of nitrogens with zero attached hydrogens (tertiary/aromatic N) is 1. The van der Waals surface area contributed by atoms with Gasteiger partial charge in [0.2, 0.25) is 5.91 Å². The van der Waals surface area contributed by atoms with Gasteiger partial charge in [-0.1, -0.05) is 30.3 Å². The Bertz CT molecular complexity index is 492. The molecule has 21 heavy (non-hydrogen) atoms. The molecule has 2 atom stereocenters. The normalized spacial score (nSPS) is 21.4. The number of likely N-dealkylation sites (N-methyl/N-ethyl adjacent to an activating group) is 1. The van der Waals surface area contributed by atoms with Crippen LogP contribution in [0.25, 0.3) is 0 Å². The van der Waals surface area contributed by atoms with Crippen molar-refractivity contribution in [1.29, 1.82) is 0 Å². The second kappa shape index (κ2) is 7.19. The number of carboxylic acid groups (broad SMARTS) is 1. The molecule has 1 fully saturated rings. The largest absolute Gasteiger partial charge is 0.481 e. The Hall–Kier alpha value is -1.92. The van der Waals surface area contributed by atoms with Gasteiger partial charge in [0.25, 0.3) is 0 Å². The van der Waals surface area contributed by atoms with E-state index in [4.69, 9.17) is 9.84 Å². The molecule has 1 aromatic carbocycles. The van der Waals surface area contributed by atoms with E-state index in [-0.39, 0.29) is 25.1 Å². The SMILES string of the molecule is CN(CC(=O)NCc1ccccc1)C1COCC1C(=O)O. The first-order chi connectivity index (χ1) is 10.1. The van der Waals surface area contributed by atoms with Crippen molar-refractivity contribution in [1.82, 2.24) is 10.2 Å². The molecular weight excluding hydrogens is 272 g/mol. The molecule has 114 valence electrons. The number of nitrogens with one attached hydrogen (secondary N) is 1. The van der Waals surface area contributed by atoms with Crippen molar-refractivity contribution in [2.24, 2.45) is 5.92 Å². The highest BCUT2D eigenvalue weighted by atomic mass is 16.5. The van der Waals surface area contributed by atoms with Gasteiger partial charge in [-0.25, -0.2) is 0 Å². The summed E-state index contributed by atoms with van der Waals surface area (Å²) in [5.74, 6) is -1.58. The second-order valence-electron chi connectivity index (χ2n) is 5.23. The monoisotopic (exact) mass is 292 g/mol.